The second kappa shape index (κ2) is 1.70. The third-order valence-electron chi connectivity index (χ3n) is 1.39. The molecule has 3 heteroatoms. The highest BCUT2D eigenvalue weighted by Gasteiger charge is 2.22. The smallest absolute Gasteiger partial charge is 0.267 e. The lowest BCUT2D eigenvalue weighted by molar-refractivity contribution is -0.113. The van der Waals surface area contributed by atoms with E-state index in [2.05, 4.69) is 4.99 Å². The van der Waals surface area contributed by atoms with Crippen molar-refractivity contribution < 1.29 is 4.79 Å². The Morgan fingerprint density at radius 3 is 3.33 bits per heavy atom. The third kappa shape index (κ3) is 0.721. The van der Waals surface area contributed by atoms with Gasteiger partial charge in [0, 0.05) is 11.8 Å². The van der Waals surface area contributed by atoms with Gasteiger partial charge in [0.25, 0.3) is 5.91 Å². The molecule has 0 N–H and O–H groups in total. The Morgan fingerprint density at radius 2 is 2.56 bits per heavy atom. The van der Waals surface area contributed by atoms with Gasteiger partial charge in [-0.25, -0.2) is 4.99 Å². The molecule has 0 radical (unpaired) electrons. The maximum atomic E-state index is 10.6. The number of hydrogen-bond acceptors (Lipinski definition) is 2. The average molecular weight is 139 g/mol. The Hall–Kier alpha value is -0.570. The van der Waals surface area contributed by atoms with E-state index in [1.165, 1.54) is 0 Å². The number of amides is 1. The minimum Gasteiger partial charge on any atom is -0.267 e. The van der Waals surface area contributed by atoms with Crippen LogP contribution < -0.4 is 0 Å². The zero-order valence-electron chi connectivity index (χ0n) is 4.76. The molecule has 1 saturated heterocycles. The van der Waals surface area contributed by atoms with Gasteiger partial charge in [0.1, 0.15) is 5.04 Å². The molecule has 2 aliphatic rings. The first-order valence-electron chi connectivity index (χ1n) is 2.83. The first-order valence-corrected chi connectivity index (χ1v) is 3.81. The zero-order valence-corrected chi connectivity index (χ0v) is 5.57. The fraction of sp³-hybridized carbons (Fsp3) is 0.333. The number of carbonyl (C=O) groups is 1. The minimum atomic E-state index is -0.0767. The van der Waals surface area contributed by atoms with Crippen molar-refractivity contribution in [3.8, 4) is 0 Å². The molecule has 1 amide bonds. The summed E-state index contributed by atoms with van der Waals surface area (Å²) < 4.78 is 0. The topological polar surface area (TPSA) is 29.4 Å². The van der Waals surface area contributed by atoms with Gasteiger partial charge >= 0.3 is 0 Å². The fourth-order valence-corrected chi connectivity index (χ4v) is 1.99. The summed E-state index contributed by atoms with van der Waals surface area (Å²) in [5, 5.41) is 0.958. The molecule has 0 unspecified atom stereocenters. The van der Waals surface area contributed by atoms with Crippen molar-refractivity contribution in [3.63, 3.8) is 0 Å². The quantitative estimate of drug-likeness (QED) is 0.501. The highest BCUT2D eigenvalue weighted by molar-refractivity contribution is 8.15. The molecule has 2 aliphatic heterocycles. The first-order chi connectivity index (χ1) is 4.36. The molecule has 46 valence electrons. The molecule has 0 aliphatic carbocycles. The van der Waals surface area contributed by atoms with Gasteiger partial charge in [-0.1, -0.05) is 0 Å². The van der Waals surface area contributed by atoms with E-state index in [0.717, 1.165) is 22.8 Å². The van der Waals surface area contributed by atoms with Crippen LogP contribution in [0.25, 0.3) is 0 Å². The van der Waals surface area contributed by atoms with Crippen LogP contribution >= 0.6 is 11.8 Å². The van der Waals surface area contributed by atoms with Gasteiger partial charge in [0.05, 0.1) is 0 Å². The van der Waals surface area contributed by atoms with E-state index in [1.807, 2.05) is 0 Å². The van der Waals surface area contributed by atoms with Crippen molar-refractivity contribution in [2.24, 2.45) is 4.99 Å². The molecule has 1 fully saturated rings. The Morgan fingerprint density at radius 1 is 1.67 bits per heavy atom. The van der Waals surface area contributed by atoms with Crippen LogP contribution in [0.15, 0.2) is 16.6 Å². The number of thioether (sulfide) groups is 1. The van der Waals surface area contributed by atoms with Crippen LogP contribution in [-0.4, -0.2) is 16.7 Å². The Balaban J connectivity index is 2.44. The molecule has 0 aromatic rings. The van der Waals surface area contributed by atoms with Gasteiger partial charge in [-0.15, -0.1) is 11.8 Å². The van der Waals surface area contributed by atoms with E-state index in [0.29, 0.717) is 0 Å². The van der Waals surface area contributed by atoms with Crippen LogP contribution in [0.3, 0.4) is 0 Å². The average Bonchev–Trinajstić information content (AvgIpc) is 2.22. The molecule has 2 nitrogen and oxygen atoms in total. The summed E-state index contributed by atoms with van der Waals surface area (Å²) in [5.74, 6) is 1.02. The maximum Gasteiger partial charge on any atom is 0.271 e. The highest BCUT2D eigenvalue weighted by atomic mass is 32.2. The van der Waals surface area contributed by atoms with Gasteiger partial charge in [-0.3, -0.25) is 4.79 Å². The van der Waals surface area contributed by atoms with Gasteiger partial charge < -0.3 is 0 Å². The predicted octanol–water partition coefficient (Wildman–Crippen LogP) is 0.988. The van der Waals surface area contributed by atoms with Crippen molar-refractivity contribution in [2.45, 2.75) is 6.42 Å². The number of carbonyl (C=O) groups excluding carboxylic acids is 1. The Bertz CT molecular complexity index is 207. The summed E-state index contributed by atoms with van der Waals surface area (Å²) in [6, 6.07) is 0. The molecule has 0 spiro atoms. The summed E-state index contributed by atoms with van der Waals surface area (Å²) in [6.45, 7) is 0. The van der Waals surface area contributed by atoms with E-state index in [4.69, 9.17) is 0 Å². The maximum absolute atomic E-state index is 10.6. The van der Waals surface area contributed by atoms with Gasteiger partial charge in [-0.2, -0.15) is 0 Å². The van der Waals surface area contributed by atoms with Crippen LogP contribution in [0, 0.1) is 0 Å². The SMILES string of the molecule is O=C1C=C2CCSC2=N1. The molecular weight excluding hydrogens is 134 g/mol. The van der Waals surface area contributed by atoms with Crippen molar-refractivity contribution in [1.82, 2.24) is 0 Å². The second-order valence-electron chi connectivity index (χ2n) is 2.02. The molecule has 9 heavy (non-hydrogen) atoms. The second-order valence-corrected chi connectivity index (χ2v) is 3.11. The molecular formula is C6H5NOS. The Kier molecular flexibility index (Phi) is 0.990. The van der Waals surface area contributed by atoms with Crippen LogP contribution in [0.2, 0.25) is 0 Å². The van der Waals surface area contributed by atoms with Crippen LogP contribution in [0.1, 0.15) is 6.42 Å². The lowest BCUT2D eigenvalue weighted by Crippen LogP contribution is -1.81. The number of hydrogen-bond donors (Lipinski definition) is 0. The normalized spacial score (nSPS) is 23.8. The molecule has 0 bridgehead atoms. The summed E-state index contributed by atoms with van der Waals surface area (Å²) >= 11 is 1.68. The van der Waals surface area contributed by atoms with Gasteiger partial charge in [-0.05, 0) is 12.0 Å². The van der Waals surface area contributed by atoms with Crippen molar-refractivity contribution in [3.05, 3.63) is 11.6 Å². The lowest BCUT2D eigenvalue weighted by atomic mass is 10.2. The van der Waals surface area contributed by atoms with Crippen molar-refractivity contribution in [2.75, 3.05) is 5.75 Å². The fourth-order valence-electron chi connectivity index (χ4n) is 0.977. The predicted molar refractivity (Wildman–Crippen MR) is 37.6 cm³/mol. The zero-order chi connectivity index (χ0) is 6.27. The van der Waals surface area contributed by atoms with Crippen LogP contribution in [0.4, 0.5) is 0 Å². The number of nitrogens with zero attached hydrogens (tertiary/aromatic N) is 1. The third-order valence-corrected chi connectivity index (χ3v) is 2.43. The number of rotatable bonds is 0. The summed E-state index contributed by atoms with van der Waals surface area (Å²) in [6.07, 6.45) is 2.66. The van der Waals surface area contributed by atoms with Crippen molar-refractivity contribution >= 4 is 22.7 Å². The van der Waals surface area contributed by atoms with Crippen LogP contribution in [-0.2, 0) is 4.79 Å². The molecule has 2 heterocycles. The van der Waals surface area contributed by atoms with E-state index in [-0.39, 0.29) is 5.91 Å². The van der Waals surface area contributed by atoms with Gasteiger partial charge in [0.2, 0.25) is 0 Å². The van der Waals surface area contributed by atoms with Gasteiger partial charge in [0.15, 0.2) is 0 Å². The monoisotopic (exact) mass is 139 g/mol. The van der Waals surface area contributed by atoms with Crippen LogP contribution in [0.5, 0.6) is 0 Å². The Labute approximate surface area is 57.0 Å². The number of aliphatic imine (C=N–C) groups is 1. The molecule has 2 rings (SSSR count). The summed E-state index contributed by atoms with van der Waals surface area (Å²) in [7, 11) is 0. The lowest BCUT2D eigenvalue weighted by Gasteiger charge is -1.82. The minimum absolute atomic E-state index is 0.0767. The molecule has 0 aromatic heterocycles. The first kappa shape index (κ1) is 5.23. The van der Waals surface area contributed by atoms with E-state index < -0.39 is 0 Å². The molecule has 0 saturated carbocycles. The molecule has 0 aromatic carbocycles. The van der Waals surface area contributed by atoms with E-state index in [9.17, 15) is 4.79 Å². The number of fused-ring (bicyclic) bond motifs is 1. The molecule has 0 atom stereocenters. The largest absolute Gasteiger partial charge is 0.271 e. The summed E-state index contributed by atoms with van der Waals surface area (Å²) in [5.41, 5.74) is 1.14. The van der Waals surface area contributed by atoms with E-state index in [1.54, 1.807) is 17.8 Å². The highest BCUT2D eigenvalue weighted by Crippen LogP contribution is 2.29. The van der Waals surface area contributed by atoms with E-state index >= 15 is 0 Å². The standard InChI is InChI=1S/C6H5NOS/c8-5-3-4-1-2-9-6(4)7-5/h3H,1-2H2. The summed E-state index contributed by atoms with van der Waals surface area (Å²) in [4.78, 5) is 14.4. The van der Waals surface area contributed by atoms with Crippen molar-refractivity contribution in [1.29, 1.82) is 0 Å².